The van der Waals surface area contributed by atoms with Crippen LogP contribution in [0.4, 0.5) is 9.18 Å². The number of likely N-dealkylation sites (tertiary alicyclic amines) is 1. The van der Waals surface area contributed by atoms with Crippen molar-refractivity contribution in [3.05, 3.63) is 45.9 Å². The van der Waals surface area contributed by atoms with E-state index in [1.165, 1.54) is 5.01 Å². The first-order chi connectivity index (χ1) is 15.4. The summed E-state index contributed by atoms with van der Waals surface area (Å²) < 4.78 is 21.9. The summed E-state index contributed by atoms with van der Waals surface area (Å²) in [6.07, 6.45) is 4.96. The SMILES string of the molecule is Cc1nc(C2CC=NN2C(=O)N2CC(Oc3cc(-c4c(C)cnn4C)ncc3F)C2)cs1. The van der Waals surface area contributed by atoms with Crippen molar-refractivity contribution in [1.82, 2.24) is 29.7 Å². The van der Waals surface area contributed by atoms with E-state index in [9.17, 15) is 9.18 Å². The number of thiazole rings is 1. The van der Waals surface area contributed by atoms with Gasteiger partial charge in [0, 0.05) is 31.1 Å². The molecule has 32 heavy (non-hydrogen) atoms. The largest absolute Gasteiger partial charge is 0.483 e. The molecule has 11 heteroatoms. The van der Waals surface area contributed by atoms with Gasteiger partial charge in [-0.1, -0.05) is 0 Å². The Morgan fingerprint density at radius 2 is 2.09 bits per heavy atom. The molecule has 0 bridgehead atoms. The number of urea groups is 1. The van der Waals surface area contributed by atoms with Crippen molar-refractivity contribution in [3.63, 3.8) is 0 Å². The Bertz CT molecular complexity index is 1180. The highest BCUT2D eigenvalue weighted by atomic mass is 32.1. The van der Waals surface area contributed by atoms with Crippen LogP contribution in [-0.2, 0) is 7.05 Å². The average molecular weight is 456 g/mol. The Morgan fingerprint density at radius 3 is 2.78 bits per heavy atom. The maximum absolute atomic E-state index is 14.4. The normalized spacial score (nSPS) is 18.3. The highest BCUT2D eigenvalue weighted by Crippen LogP contribution is 2.32. The number of hydrogen-bond acceptors (Lipinski definition) is 7. The fourth-order valence-corrected chi connectivity index (χ4v) is 4.58. The minimum Gasteiger partial charge on any atom is -0.483 e. The lowest BCUT2D eigenvalue weighted by atomic mass is 10.1. The topological polar surface area (TPSA) is 88.7 Å². The molecule has 0 saturated carbocycles. The Balaban J connectivity index is 1.24. The quantitative estimate of drug-likeness (QED) is 0.602. The number of hydrogen-bond donors (Lipinski definition) is 0. The van der Waals surface area contributed by atoms with Crippen LogP contribution in [0.1, 0.15) is 28.7 Å². The van der Waals surface area contributed by atoms with Gasteiger partial charge in [0.15, 0.2) is 11.6 Å². The number of pyridine rings is 1. The Kier molecular flexibility index (Phi) is 5.12. The van der Waals surface area contributed by atoms with E-state index in [0.29, 0.717) is 25.2 Å². The lowest BCUT2D eigenvalue weighted by molar-refractivity contribution is 0.0255. The van der Waals surface area contributed by atoms with Crippen LogP contribution in [0, 0.1) is 19.7 Å². The fourth-order valence-electron chi connectivity index (χ4n) is 3.93. The summed E-state index contributed by atoms with van der Waals surface area (Å²) in [5.74, 6) is -0.427. The van der Waals surface area contributed by atoms with Crippen LogP contribution < -0.4 is 4.74 Å². The summed E-state index contributed by atoms with van der Waals surface area (Å²) >= 11 is 1.55. The predicted octanol–water partition coefficient (Wildman–Crippen LogP) is 3.31. The Hall–Kier alpha value is -3.34. The van der Waals surface area contributed by atoms with Crippen molar-refractivity contribution >= 4 is 23.6 Å². The number of carbonyl (C=O) groups excluding carboxylic acids is 1. The van der Waals surface area contributed by atoms with Crippen molar-refractivity contribution < 1.29 is 13.9 Å². The van der Waals surface area contributed by atoms with Gasteiger partial charge in [0.25, 0.3) is 0 Å². The molecule has 3 aromatic rings. The second kappa shape index (κ2) is 7.97. The maximum Gasteiger partial charge on any atom is 0.341 e. The van der Waals surface area contributed by atoms with Crippen LogP contribution in [-0.4, -0.2) is 61.1 Å². The number of ether oxygens (including phenoxy) is 1. The van der Waals surface area contributed by atoms with Crippen LogP contribution in [0.3, 0.4) is 0 Å². The van der Waals surface area contributed by atoms with Crippen molar-refractivity contribution in [2.75, 3.05) is 13.1 Å². The number of halogens is 1. The van der Waals surface area contributed by atoms with Gasteiger partial charge in [-0.2, -0.15) is 10.2 Å². The van der Waals surface area contributed by atoms with Gasteiger partial charge < -0.3 is 9.64 Å². The minimum absolute atomic E-state index is 0.114. The van der Waals surface area contributed by atoms with E-state index in [1.54, 1.807) is 39.4 Å². The molecule has 1 saturated heterocycles. The summed E-state index contributed by atoms with van der Waals surface area (Å²) in [5.41, 5.74) is 3.17. The van der Waals surface area contributed by atoms with Gasteiger partial charge in [-0.25, -0.2) is 19.2 Å². The van der Waals surface area contributed by atoms with E-state index in [4.69, 9.17) is 4.74 Å². The molecule has 2 amide bonds. The average Bonchev–Trinajstić information content (AvgIpc) is 3.46. The van der Waals surface area contributed by atoms with Gasteiger partial charge in [0.2, 0.25) is 0 Å². The van der Waals surface area contributed by atoms with Crippen LogP contribution in [0.2, 0.25) is 0 Å². The second-order valence-electron chi connectivity index (χ2n) is 7.91. The zero-order valence-electron chi connectivity index (χ0n) is 17.9. The zero-order valence-corrected chi connectivity index (χ0v) is 18.7. The number of aromatic nitrogens is 4. The monoisotopic (exact) mass is 455 g/mol. The van der Waals surface area contributed by atoms with Gasteiger partial charge in [-0.05, 0) is 19.4 Å². The van der Waals surface area contributed by atoms with Gasteiger partial charge in [-0.3, -0.25) is 9.67 Å². The highest BCUT2D eigenvalue weighted by molar-refractivity contribution is 7.09. The smallest absolute Gasteiger partial charge is 0.341 e. The molecule has 0 N–H and O–H groups in total. The molecule has 5 rings (SSSR count). The van der Waals surface area contributed by atoms with Crippen LogP contribution in [0.5, 0.6) is 5.75 Å². The number of hydrazone groups is 1. The summed E-state index contributed by atoms with van der Waals surface area (Å²) in [5, 5.41) is 12.8. The first-order valence-corrected chi connectivity index (χ1v) is 11.1. The molecule has 2 aliphatic heterocycles. The minimum atomic E-state index is -0.540. The summed E-state index contributed by atoms with van der Waals surface area (Å²) in [6.45, 7) is 4.57. The van der Waals surface area contributed by atoms with E-state index in [-0.39, 0.29) is 23.9 Å². The summed E-state index contributed by atoms with van der Waals surface area (Å²) in [6, 6.07) is 1.19. The number of carbonyl (C=O) groups is 1. The van der Waals surface area contributed by atoms with Gasteiger partial charge in [0.1, 0.15) is 12.1 Å². The lowest BCUT2D eigenvalue weighted by Gasteiger charge is -2.40. The van der Waals surface area contributed by atoms with E-state index >= 15 is 0 Å². The highest BCUT2D eigenvalue weighted by Gasteiger charge is 2.39. The molecule has 1 unspecified atom stereocenters. The van der Waals surface area contributed by atoms with Crippen molar-refractivity contribution in [2.45, 2.75) is 32.4 Å². The molecule has 3 aromatic heterocycles. The molecule has 2 aliphatic rings. The molecule has 1 atom stereocenters. The third-order valence-electron chi connectivity index (χ3n) is 5.60. The standard InChI is InChI=1S/C21H22FN7O2S/c1-12-7-25-27(3)20(12)16-6-19(15(22)8-23-16)31-14-9-28(10-14)21(30)29-18(4-5-24-29)17-11-32-13(2)26-17/h5-8,11,14,18H,4,9-10H2,1-3H3. The molecule has 0 radical (unpaired) electrons. The number of aryl methyl sites for hydroxylation is 3. The number of nitrogens with zero attached hydrogens (tertiary/aromatic N) is 7. The third-order valence-corrected chi connectivity index (χ3v) is 6.39. The lowest BCUT2D eigenvalue weighted by Crippen LogP contribution is -2.58. The van der Waals surface area contributed by atoms with Crippen LogP contribution in [0.25, 0.3) is 11.4 Å². The molecule has 0 aliphatic carbocycles. The maximum atomic E-state index is 14.4. The molecule has 9 nitrogen and oxygen atoms in total. The molecule has 166 valence electrons. The van der Waals surface area contributed by atoms with E-state index < -0.39 is 5.82 Å². The van der Waals surface area contributed by atoms with Crippen LogP contribution in [0.15, 0.2) is 28.9 Å². The first-order valence-electron chi connectivity index (χ1n) is 10.2. The van der Waals surface area contributed by atoms with Gasteiger partial charge >= 0.3 is 6.03 Å². The first kappa shape index (κ1) is 20.6. The second-order valence-corrected chi connectivity index (χ2v) is 8.97. The third kappa shape index (κ3) is 3.62. The molecular weight excluding hydrogens is 433 g/mol. The van der Waals surface area contributed by atoms with E-state index in [2.05, 4.69) is 20.2 Å². The zero-order chi connectivity index (χ0) is 22.4. The number of amides is 2. The molecule has 0 aromatic carbocycles. The Labute approximate surface area is 188 Å². The number of rotatable bonds is 4. The predicted molar refractivity (Wildman–Crippen MR) is 117 cm³/mol. The van der Waals surface area contributed by atoms with Crippen LogP contribution >= 0.6 is 11.3 Å². The van der Waals surface area contributed by atoms with Gasteiger partial charge in [-0.15, -0.1) is 11.3 Å². The van der Waals surface area contributed by atoms with Gasteiger partial charge in [0.05, 0.1) is 47.6 Å². The van der Waals surface area contributed by atoms with Crippen molar-refractivity contribution in [1.29, 1.82) is 0 Å². The molecule has 1 fully saturated rings. The van der Waals surface area contributed by atoms with E-state index in [1.807, 2.05) is 26.3 Å². The molecule has 5 heterocycles. The molecule has 0 spiro atoms. The van der Waals surface area contributed by atoms with E-state index in [0.717, 1.165) is 28.2 Å². The summed E-state index contributed by atoms with van der Waals surface area (Å²) in [7, 11) is 1.81. The van der Waals surface area contributed by atoms with Crippen molar-refractivity contribution in [2.24, 2.45) is 12.1 Å². The Morgan fingerprint density at radius 1 is 1.28 bits per heavy atom. The molecular formula is C21H22FN7O2S. The summed E-state index contributed by atoms with van der Waals surface area (Å²) in [4.78, 5) is 23.3. The fraction of sp³-hybridized carbons (Fsp3) is 0.381. The van der Waals surface area contributed by atoms with Crippen molar-refractivity contribution in [3.8, 4) is 17.1 Å².